The number of aromatic nitrogens is 2. The van der Waals surface area contributed by atoms with Crippen molar-refractivity contribution in [2.45, 2.75) is 19.2 Å². The number of aliphatic hydroxyl groups is 1. The summed E-state index contributed by atoms with van der Waals surface area (Å²) in [6.45, 7) is 1.94. The summed E-state index contributed by atoms with van der Waals surface area (Å²) in [7, 11) is 2.01. The molecule has 0 aliphatic heterocycles. The lowest BCUT2D eigenvalue weighted by Gasteiger charge is -2.21. The van der Waals surface area contributed by atoms with Gasteiger partial charge in [0.05, 0.1) is 12.6 Å². The molecule has 2 aromatic rings. The topological polar surface area (TPSA) is 41.3 Å². The molecule has 102 valence electrons. The van der Waals surface area contributed by atoms with E-state index in [1.165, 1.54) is 5.56 Å². The normalized spacial score (nSPS) is 12.8. The van der Waals surface area contributed by atoms with Gasteiger partial charge in [-0.1, -0.05) is 34.1 Å². The largest absolute Gasteiger partial charge is 0.390 e. The van der Waals surface area contributed by atoms with Crippen LogP contribution in [0.25, 0.3) is 0 Å². The molecule has 0 aliphatic carbocycles. The Morgan fingerprint density at radius 1 is 1.37 bits per heavy atom. The van der Waals surface area contributed by atoms with Crippen LogP contribution in [0.1, 0.15) is 5.56 Å². The summed E-state index contributed by atoms with van der Waals surface area (Å²) in [4.78, 5) is 2.11. The van der Waals surface area contributed by atoms with E-state index >= 15 is 0 Å². The molecule has 1 atom stereocenters. The Balaban J connectivity index is 1.84. The third kappa shape index (κ3) is 4.45. The van der Waals surface area contributed by atoms with E-state index in [1.54, 1.807) is 10.9 Å². The van der Waals surface area contributed by atoms with E-state index < -0.39 is 6.10 Å². The lowest BCUT2D eigenvalue weighted by Crippen LogP contribution is -2.32. The Morgan fingerprint density at radius 3 is 2.84 bits per heavy atom. The monoisotopic (exact) mass is 323 g/mol. The SMILES string of the molecule is CN(Cc1ccccc1Br)C[C@@H](O)Cn1cccn1. The number of hydrogen-bond donors (Lipinski definition) is 1. The van der Waals surface area contributed by atoms with Crippen molar-refractivity contribution in [2.75, 3.05) is 13.6 Å². The number of nitrogens with zero attached hydrogens (tertiary/aromatic N) is 3. The van der Waals surface area contributed by atoms with Crippen molar-refractivity contribution in [3.8, 4) is 0 Å². The van der Waals surface area contributed by atoms with Crippen molar-refractivity contribution >= 4 is 15.9 Å². The minimum Gasteiger partial charge on any atom is -0.390 e. The van der Waals surface area contributed by atoms with Crippen molar-refractivity contribution in [3.05, 3.63) is 52.8 Å². The number of likely N-dealkylation sites (N-methyl/N-ethyl adjacent to an activating group) is 1. The van der Waals surface area contributed by atoms with Crippen LogP contribution in [0.2, 0.25) is 0 Å². The number of rotatable bonds is 6. The number of aliphatic hydroxyl groups excluding tert-OH is 1. The van der Waals surface area contributed by atoms with Crippen molar-refractivity contribution in [1.82, 2.24) is 14.7 Å². The van der Waals surface area contributed by atoms with Crippen LogP contribution in [0.15, 0.2) is 47.2 Å². The second kappa shape index (κ2) is 6.84. The Kier molecular flexibility index (Phi) is 5.13. The van der Waals surface area contributed by atoms with E-state index in [9.17, 15) is 5.11 Å². The summed E-state index contributed by atoms with van der Waals surface area (Å²) in [5.74, 6) is 0. The molecular weight excluding hydrogens is 306 g/mol. The molecule has 1 heterocycles. The van der Waals surface area contributed by atoms with Crippen LogP contribution < -0.4 is 0 Å². The third-order valence-corrected chi connectivity index (χ3v) is 3.65. The van der Waals surface area contributed by atoms with Crippen LogP contribution in [0.4, 0.5) is 0 Å². The fourth-order valence-corrected chi connectivity index (χ4v) is 2.43. The van der Waals surface area contributed by atoms with Crippen LogP contribution in [0, 0.1) is 0 Å². The average molecular weight is 324 g/mol. The maximum atomic E-state index is 10.0. The molecule has 4 nitrogen and oxygen atoms in total. The summed E-state index contributed by atoms with van der Waals surface area (Å²) in [6.07, 6.45) is 3.15. The third-order valence-electron chi connectivity index (χ3n) is 2.88. The summed E-state index contributed by atoms with van der Waals surface area (Å²) in [5.41, 5.74) is 1.22. The molecule has 0 aliphatic rings. The van der Waals surface area contributed by atoms with Gasteiger partial charge in [-0.15, -0.1) is 0 Å². The van der Waals surface area contributed by atoms with E-state index in [4.69, 9.17) is 0 Å². The summed E-state index contributed by atoms with van der Waals surface area (Å²) in [5, 5.41) is 14.1. The predicted octanol–water partition coefficient (Wildman–Crippen LogP) is 2.14. The first-order chi connectivity index (χ1) is 9.15. The molecule has 0 bridgehead atoms. The van der Waals surface area contributed by atoms with Crippen LogP contribution in [0.5, 0.6) is 0 Å². The van der Waals surface area contributed by atoms with Crippen LogP contribution >= 0.6 is 15.9 Å². The van der Waals surface area contributed by atoms with Gasteiger partial charge >= 0.3 is 0 Å². The zero-order valence-corrected chi connectivity index (χ0v) is 12.5. The second-order valence-electron chi connectivity index (χ2n) is 4.67. The molecule has 1 aromatic heterocycles. The molecule has 1 N–H and O–H groups in total. The minimum absolute atomic E-state index is 0.424. The van der Waals surface area contributed by atoms with Gasteiger partial charge in [-0.05, 0) is 24.7 Å². The number of halogens is 1. The molecule has 0 unspecified atom stereocenters. The quantitative estimate of drug-likeness (QED) is 0.885. The van der Waals surface area contributed by atoms with Crippen molar-refractivity contribution in [2.24, 2.45) is 0 Å². The lowest BCUT2D eigenvalue weighted by molar-refractivity contribution is 0.104. The van der Waals surface area contributed by atoms with Gasteiger partial charge in [-0.2, -0.15) is 5.10 Å². The van der Waals surface area contributed by atoms with Gasteiger partial charge in [0.25, 0.3) is 0 Å². The van der Waals surface area contributed by atoms with Gasteiger partial charge in [-0.3, -0.25) is 9.58 Å². The zero-order chi connectivity index (χ0) is 13.7. The highest BCUT2D eigenvalue weighted by atomic mass is 79.9. The Morgan fingerprint density at radius 2 is 2.16 bits per heavy atom. The first kappa shape index (κ1) is 14.2. The predicted molar refractivity (Wildman–Crippen MR) is 78.7 cm³/mol. The van der Waals surface area contributed by atoms with Crippen molar-refractivity contribution in [1.29, 1.82) is 0 Å². The molecule has 0 radical (unpaired) electrons. The fourth-order valence-electron chi connectivity index (χ4n) is 2.02. The minimum atomic E-state index is -0.424. The Labute approximate surface area is 121 Å². The van der Waals surface area contributed by atoms with Crippen LogP contribution in [0.3, 0.4) is 0 Å². The van der Waals surface area contributed by atoms with Gasteiger partial charge in [-0.25, -0.2) is 0 Å². The molecule has 0 saturated carbocycles. The van der Waals surface area contributed by atoms with Gasteiger partial charge in [0.15, 0.2) is 0 Å². The zero-order valence-electron chi connectivity index (χ0n) is 10.9. The lowest BCUT2D eigenvalue weighted by atomic mass is 10.2. The summed E-state index contributed by atoms with van der Waals surface area (Å²) >= 11 is 3.54. The first-order valence-corrected chi connectivity index (χ1v) is 7.02. The Hall–Kier alpha value is -1.17. The van der Waals surface area contributed by atoms with E-state index in [2.05, 4.69) is 32.0 Å². The molecule has 0 saturated heterocycles. The number of hydrogen-bond acceptors (Lipinski definition) is 3. The number of benzene rings is 1. The van der Waals surface area contributed by atoms with Gasteiger partial charge in [0.2, 0.25) is 0 Å². The van der Waals surface area contributed by atoms with E-state index in [0.29, 0.717) is 13.1 Å². The molecule has 19 heavy (non-hydrogen) atoms. The Bertz CT molecular complexity index is 501. The highest BCUT2D eigenvalue weighted by Gasteiger charge is 2.10. The average Bonchev–Trinajstić information content (AvgIpc) is 2.84. The molecule has 2 rings (SSSR count). The van der Waals surface area contributed by atoms with E-state index in [0.717, 1.165) is 11.0 Å². The summed E-state index contributed by atoms with van der Waals surface area (Å²) < 4.78 is 2.85. The fraction of sp³-hybridized carbons (Fsp3) is 0.357. The maximum Gasteiger partial charge on any atom is 0.0862 e. The first-order valence-electron chi connectivity index (χ1n) is 6.22. The second-order valence-corrected chi connectivity index (χ2v) is 5.52. The summed E-state index contributed by atoms with van der Waals surface area (Å²) in [6, 6.07) is 10.00. The molecular formula is C14H18BrN3O. The molecule has 0 fully saturated rings. The van der Waals surface area contributed by atoms with Crippen molar-refractivity contribution in [3.63, 3.8) is 0 Å². The smallest absolute Gasteiger partial charge is 0.0862 e. The molecule has 1 aromatic carbocycles. The van der Waals surface area contributed by atoms with Gasteiger partial charge in [0, 0.05) is 30.0 Å². The van der Waals surface area contributed by atoms with E-state index in [1.807, 2.05) is 37.5 Å². The van der Waals surface area contributed by atoms with Crippen LogP contribution in [-0.2, 0) is 13.1 Å². The molecule has 5 heteroatoms. The molecule has 0 spiro atoms. The highest BCUT2D eigenvalue weighted by molar-refractivity contribution is 9.10. The van der Waals surface area contributed by atoms with Crippen molar-refractivity contribution < 1.29 is 5.11 Å². The van der Waals surface area contributed by atoms with E-state index in [-0.39, 0.29) is 0 Å². The van der Waals surface area contributed by atoms with Gasteiger partial charge < -0.3 is 5.11 Å². The standard InChI is InChI=1S/C14H18BrN3O/c1-17(9-12-5-2-3-6-14(12)15)10-13(19)11-18-8-4-7-16-18/h2-8,13,19H,9-11H2,1H3/t13-/m1/s1. The molecule has 0 amide bonds. The maximum absolute atomic E-state index is 10.0. The highest BCUT2D eigenvalue weighted by Crippen LogP contribution is 2.17. The van der Waals surface area contributed by atoms with Crippen LogP contribution in [-0.4, -0.2) is 39.5 Å². The van der Waals surface area contributed by atoms with Gasteiger partial charge in [0.1, 0.15) is 0 Å².